The van der Waals surface area contributed by atoms with Crippen molar-refractivity contribution in [3.8, 4) is 5.75 Å². The molecule has 1 aliphatic rings. The Morgan fingerprint density at radius 3 is 2.88 bits per heavy atom. The Labute approximate surface area is 98.7 Å². The predicted octanol–water partition coefficient (Wildman–Crippen LogP) is 1.04. The van der Waals surface area contributed by atoms with Gasteiger partial charge in [-0.15, -0.1) is 0 Å². The van der Waals surface area contributed by atoms with Gasteiger partial charge in [0.15, 0.2) is 0 Å². The average Bonchev–Trinajstić information content (AvgIpc) is 2.17. The van der Waals surface area contributed by atoms with Gasteiger partial charge in [-0.05, 0) is 18.2 Å². The van der Waals surface area contributed by atoms with E-state index in [2.05, 4.69) is 5.32 Å². The van der Waals surface area contributed by atoms with E-state index < -0.39 is 5.91 Å². The van der Waals surface area contributed by atoms with Crippen LogP contribution in [0.3, 0.4) is 0 Å². The second kappa shape index (κ2) is 4.72. The summed E-state index contributed by atoms with van der Waals surface area (Å²) in [5.41, 5.74) is 5.58. The molecule has 0 atom stereocenters. The number of benzene rings is 1. The van der Waals surface area contributed by atoms with Crippen molar-refractivity contribution in [3.63, 3.8) is 0 Å². The molecule has 1 aromatic rings. The summed E-state index contributed by atoms with van der Waals surface area (Å²) < 4.78 is 5.56. The van der Waals surface area contributed by atoms with Crippen LogP contribution in [0.15, 0.2) is 18.2 Å². The van der Waals surface area contributed by atoms with E-state index in [1.165, 1.54) is 6.07 Å². The second-order valence-electron chi connectivity index (χ2n) is 3.84. The Morgan fingerprint density at radius 2 is 2.31 bits per heavy atom. The normalized spacial score (nSPS) is 15.6. The number of halogens is 1. The van der Waals surface area contributed by atoms with Crippen LogP contribution in [0, 0.1) is 5.92 Å². The molecule has 86 valence electrons. The van der Waals surface area contributed by atoms with Crippen molar-refractivity contribution in [2.24, 2.45) is 11.7 Å². The molecule has 5 heteroatoms. The van der Waals surface area contributed by atoms with Crippen molar-refractivity contribution in [1.29, 1.82) is 0 Å². The largest absolute Gasteiger partial charge is 0.492 e. The Kier molecular flexibility index (Phi) is 3.31. The minimum atomic E-state index is -0.524. The van der Waals surface area contributed by atoms with E-state index in [4.69, 9.17) is 22.1 Å². The van der Waals surface area contributed by atoms with Crippen molar-refractivity contribution in [3.05, 3.63) is 28.8 Å². The van der Waals surface area contributed by atoms with Crippen LogP contribution < -0.4 is 15.8 Å². The maximum atomic E-state index is 11.2. The van der Waals surface area contributed by atoms with Crippen LogP contribution in [0.25, 0.3) is 0 Å². The highest BCUT2D eigenvalue weighted by molar-refractivity contribution is 6.31. The number of carbonyl (C=O) groups excluding carboxylic acids is 1. The summed E-state index contributed by atoms with van der Waals surface area (Å²) in [6, 6.07) is 4.88. The molecule has 0 radical (unpaired) electrons. The SMILES string of the molecule is NC(=O)c1cc(Cl)ccc1OCC1CNC1. The molecule has 0 bridgehead atoms. The first kappa shape index (κ1) is 11.2. The minimum absolute atomic E-state index is 0.333. The number of ether oxygens (including phenoxy) is 1. The third-order valence-electron chi connectivity index (χ3n) is 2.55. The van der Waals surface area contributed by atoms with E-state index >= 15 is 0 Å². The lowest BCUT2D eigenvalue weighted by Gasteiger charge is -2.27. The molecule has 0 spiro atoms. The van der Waals surface area contributed by atoms with Crippen LogP contribution >= 0.6 is 11.6 Å². The number of hydrogen-bond acceptors (Lipinski definition) is 3. The van der Waals surface area contributed by atoms with Crippen molar-refractivity contribution in [1.82, 2.24) is 5.32 Å². The Bertz CT molecular complexity index is 405. The summed E-state index contributed by atoms with van der Waals surface area (Å²) in [6.45, 7) is 2.51. The molecule has 1 aliphatic heterocycles. The Hall–Kier alpha value is -1.26. The number of carbonyl (C=O) groups is 1. The number of rotatable bonds is 4. The molecule has 1 aromatic carbocycles. The summed E-state index contributed by atoms with van der Waals surface area (Å²) in [7, 11) is 0. The van der Waals surface area contributed by atoms with Gasteiger partial charge in [-0.2, -0.15) is 0 Å². The second-order valence-corrected chi connectivity index (χ2v) is 4.28. The van der Waals surface area contributed by atoms with Gasteiger partial charge in [-0.1, -0.05) is 11.6 Å². The van der Waals surface area contributed by atoms with Crippen molar-refractivity contribution < 1.29 is 9.53 Å². The highest BCUT2D eigenvalue weighted by Crippen LogP contribution is 2.23. The predicted molar refractivity (Wildman–Crippen MR) is 61.8 cm³/mol. The molecule has 2 rings (SSSR count). The van der Waals surface area contributed by atoms with Crippen LogP contribution in [0.1, 0.15) is 10.4 Å². The lowest BCUT2D eigenvalue weighted by molar-refractivity contribution is 0.0994. The van der Waals surface area contributed by atoms with Gasteiger partial charge >= 0.3 is 0 Å². The molecular weight excluding hydrogens is 228 g/mol. The van der Waals surface area contributed by atoms with Gasteiger partial charge < -0.3 is 15.8 Å². The van der Waals surface area contributed by atoms with Crippen molar-refractivity contribution in [2.75, 3.05) is 19.7 Å². The molecule has 0 saturated carbocycles. The highest BCUT2D eigenvalue weighted by Gasteiger charge is 2.18. The highest BCUT2D eigenvalue weighted by atomic mass is 35.5. The molecule has 0 aromatic heterocycles. The molecule has 0 unspecified atom stereocenters. The first-order chi connectivity index (χ1) is 7.66. The number of amides is 1. The maximum Gasteiger partial charge on any atom is 0.252 e. The Balaban J connectivity index is 2.08. The van der Waals surface area contributed by atoms with Gasteiger partial charge in [-0.25, -0.2) is 0 Å². The van der Waals surface area contributed by atoms with Crippen molar-refractivity contribution >= 4 is 17.5 Å². The number of nitrogens with one attached hydrogen (secondary N) is 1. The number of hydrogen-bond donors (Lipinski definition) is 2. The smallest absolute Gasteiger partial charge is 0.252 e. The minimum Gasteiger partial charge on any atom is -0.492 e. The topological polar surface area (TPSA) is 64.4 Å². The van der Waals surface area contributed by atoms with E-state index in [1.54, 1.807) is 12.1 Å². The molecule has 0 aliphatic carbocycles. The van der Waals surface area contributed by atoms with E-state index in [0.29, 0.717) is 28.9 Å². The van der Waals surface area contributed by atoms with Crippen LogP contribution in [0.5, 0.6) is 5.75 Å². The van der Waals surface area contributed by atoms with E-state index in [-0.39, 0.29) is 0 Å². The average molecular weight is 241 g/mol. The zero-order valence-corrected chi connectivity index (χ0v) is 9.46. The monoisotopic (exact) mass is 240 g/mol. The molecular formula is C11H13ClN2O2. The summed E-state index contributed by atoms with van der Waals surface area (Å²) in [4.78, 5) is 11.2. The van der Waals surface area contributed by atoms with Gasteiger partial charge in [0.1, 0.15) is 5.75 Å². The fourth-order valence-corrected chi connectivity index (χ4v) is 1.67. The zero-order chi connectivity index (χ0) is 11.5. The lowest BCUT2D eigenvalue weighted by atomic mass is 10.1. The van der Waals surface area contributed by atoms with E-state index in [9.17, 15) is 4.79 Å². The van der Waals surface area contributed by atoms with Crippen LogP contribution in [-0.2, 0) is 0 Å². The molecule has 1 heterocycles. The quantitative estimate of drug-likeness (QED) is 0.827. The molecule has 16 heavy (non-hydrogen) atoms. The summed E-state index contributed by atoms with van der Waals surface area (Å²) in [5, 5.41) is 3.63. The van der Waals surface area contributed by atoms with E-state index in [0.717, 1.165) is 13.1 Å². The first-order valence-electron chi connectivity index (χ1n) is 5.09. The van der Waals surface area contributed by atoms with Crippen LogP contribution in [0.4, 0.5) is 0 Å². The van der Waals surface area contributed by atoms with Crippen molar-refractivity contribution in [2.45, 2.75) is 0 Å². The summed E-state index contributed by atoms with van der Waals surface area (Å²) in [5.74, 6) is 0.490. The maximum absolute atomic E-state index is 11.2. The third kappa shape index (κ3) is 2.46. The molecule has 3 N–H and O–H groups in total. The fraction of sp³-hybridized carbons (Fsp3) is 0.364. The standard InChI is InChI=1S/C11H13ClN2O2/c12-8-1-2-10(9(3-8)11(13)15)16-6-7-4-14-5-7/h1-3,7,14H,4-6H2,(H2,13,15). The fourth-order valence-electron chi connectivity index (χ4n) is 1.49. The van der Waals surface area contributed by atoms with Gasteiger partial charge in [0.05, 0.1) is 12.2 Å². The third-order valence-corrected chi connectivity index (χ3v) is 2.78. The summed E-state index contributed by atoms with van der Waals surface area (Å²) in [6.07, 6.45) is 0. The van der Waals surface area contributed by atoms with Crippen LogP contribution in [0.2, 0.25) is 5.02 Å². The van der Waals surface area contributed by atoms with Crippen LogP contribution in [-0.4, -0.2) is 25.6 Å². The molecule has 1 amide bonds. The number of primary amides is 1. The molecule has 1 saturated heterocycles. The summed E-state index contributed by atoms with van der Waals surface area (Å²) >= 11 is 5.79. The van der Waals surface area contributed by atoms with E-state index in [1.807, 2.05) is 0 Å². The molecule has 1 fully saturated rings. The Morgan fingerprint density at radius 1 is 1.56 bits per heavy atom. The van der Waals surface area contributed by atoms with Gasteiger partial charge in [0.2, 0.25) is 0 Å². The zero-order valence-electron chi connectivity index (χ0n) is 8.70. The molecule has 4 nitrogen and oxygen atoms in total. The van der Waals surface area contributed by atoms with Gasteiger partial charge in [-0.3, -0.25) is 4.79 Å². The van der Waals surface area contributed by atoms with Gasteiger partial charge in [0.25, 0.3) is 5.91 Å². The first-order valence-corrected chi connectivity index (χ1v) is 5.47. The lowest BCUT2D eigenvalue weighted by Crippen LogP contribution is -2.45. The van der Waals surface area contributed by atoms with Gasteiger partial charge in [0, 0.05) is 24.0 Å². The number of nitrogens with two attached hydrogens (primary N) is 1.